The lowest BCUT2D eigenvalue weighted by Gasteiger charge is -2.06. The molecule has 1 aromatic heterocycles. The summed E-state index contributed by atoms with van der Waals surface area (Å²) in [5, 5.41) is 3.39. The van der Waals surface area contributed by atoms with E-state index in [2.05, 4.69) is 30.2 Å². The number of hydrogen-bond acceptors (Lipinski definition) is 2. The predicted octanol–water partition coefficient (Wildman–Crippen LogP) is -0.779. The van der Waals surface area contributed by atoms with E-state index < -0.39 is 0 Å². The molecule has 0 aliphatic carbocycles. The normalized spacial score (nSPS) is 9.93. The third-order valence-corrected chi connectivity index (χ3v) is 1.95. The Morgan fingerprint density at radius 3 is 2.79 bits per heavy atom. The molecule has 0 radical (unpaired) electrons. The van der Waals surface area contributed by atoms with Gasteiger partial charge in [-0.2, -0.15) is 0 Å². The summed E-state index contributed by atoms with van der Waals surface area (Å²) in [6, 6.07) is 4.06. The molecule has 0 aromatic carbocycles. The fourth-order valence-electron chi connectivity index (χ4n) is 1.13. The van der Waals surface area contributed by atoms with Crippen LogP contribution in [-0.4, -0.2) is 11.5 Å². The van der Waals surface area contributed by atoms with Crippen molar-refractivity contribution in [2.45, 2.75) is 26.8 Å². The molecule has 0 amide bonds. The molecule has 3 heteroatoms. The van der Waals surface area contributed by atoms with Gasteiger partial charge in [-0.1, -0.05) is 19.9 Å². The molecule has 0 aliphatic rings. The van der Waals surface area contributed by atoms with Gasteiger partial charge in [-0.3, -0.25) is 4.98 Å². The summed E-state index contributed by atoms with van der Waals surface area (Å²) < 4.78 is 0. The molecule has 0 spiro atoms. The highest BCUT2D eigenvalue weighted by atomic mass is 35.5. The van der Waals surface area contributed by atoms with Crippen molar-refractivity contribution in [1.29, 1.82) is 0 Å². The van der Waals surface area contributed by atoms with E-state index in [4.69, 9.17) is 0 Å². The van der Waals surface area contributed by atoms with E-state index in [9.17, 15) is 0 Å². The molecule has 0 fully saturated rings. The highest BCUT2D eigenvalue weighted by Crippen LogP contribution is 1.98. The Kier molecular flexibility index (Phi) is 7.44. The molecule has 1 N–H and O–H groups in total. The zero-order valence-electron chi connectivity index (χ0n) is 8.83. The minimum absolute atomic E-state index is 0. The average molecular weight is 214 g/mol. The van der Waals surface area contributed by atoms with Crippen LogP contribution in [0.15, 0.2) is 24.5 Å². The fraction of sp³-hybridized carbons (Fsp3) is 0.545. The Morgan fingerprint density at radius 1 is 1.43 bits per heavy atom. The van der Waals surface area contributed by atoms with Crippen LogP contribution in [0.5, 0.6) is 0 Å². The van der Waals surface area contributed by atoms with Crippen LogP contribution in [-0.2, 0) is 6.54 Å². The van der Waals surface area contributed by atoms with Crippen LogP contribution in [0, 0.1) is 5.92 Å². The molecule has 2 nitrogen and oxygen atoms in total. The van der Waals surface area contributed by atoms with Crippen molar-refractivity contribution in [3.8, 4) is 0 Å². The minimum atomic E-state index is 0. The van der Waals surface area contributed by atoms with Gasteiger partial charge in [-0.15, -0.1) is 0 Å². The van der Waals surface area contributed by atoms with Crippen LogP contribution in [0.2, 0.25) is 0 Å². The van der Waals surface area contributed by atoms with Gasteiger partial charge >= 0.3 is 0 Å². The number of nitrogens with zero attached hydrogens (tertiary/aromatic N) is 1. The third-order valence-electron chi connectivity index (χ3n) is 1.95. The molecule has 0 atom stereocenters. The van der Waals surface area contributed by atoms with Gasteiger partial charge in [0.2, 0.25) is 0 Å². The van der Waals surface area contributed by atoms with Crippen LogP contribution >= 0.6 is 0 Å². The Labute approximate surface area is 92.5 Å². The molecule has 0 saturated carbocycles. The van der Waals surface area contributed by atoms with Crippen molar-refractivity contribution in [2.24, 2.45) is 5.92 Å². The van der Waals surface area contributed by atoms with Gasteiger partial charge in [-0.25, -0.2) is 0 Å². The zero-order chi connectivity index (χ0) is 9.52. The fourth-order valence-corrected chi connectivity index (χ4v) is 1.13. The summed E-state index contributed by atoms with van der Waals surface area (Å²) in [4.78, 5) is 4.06. The number of pyridine rings is 1. The highest BCUT2D eigenvalue weighted by molar-refractivity contribution is 5.07. The van der Waals surface area contributed by atoms with Crippen LogP contribution in [0.1, 0.15) is 25.8 Å². The Morgan fingerprint density at radius 2 is 2.21 bits per heavy atom. The second-order valence-electron chi connectivity index (χ2n) is 3.72. The quantitative estimate of drug-likeness (QED) is 0.650. The maximum atomic E-state index is 4.06. The lowest BCUT2D eigenvalue weighted by molar-refractivity contribution is -0.00000304. The summed E-state index contributed by atoms with van der Waals surface area (Å²) in [6.07, 6.45) is 4.94. The molecule has 1 aromatic rings. The topological polar surface area (TPSA) is 24.9 Å². The third kappa shape index (κ3) is 5.95. The van der Waals surface area contributed by atoms with Gasteiger partial charge in [0.25, 0.3) is 0 Å². The number of hydrogen-bond donors (Lipinski definition) is 1. The summed E-state index contributed by atoms with van der Waals surface area (Å²) >= 11 is 0. The van der Waals surface area contributed by atoms with E-state index in [1.807, 2.05) is 12.3 Å². The number of halogens is 1. The lowest BCUT2D eigenvalue weighted by atomic mass is 10.1. The first-order chi connectivity index (χ1) is 6.29. The maximum absolute atomic E-state index is 4.06. The smallest absolute Gasteiger partial charge is 0.0312 e. The van der Waals surface area contributed by atoms with E-state index in [1.165, 1.54) is 12.0 Å². The maximum Gasteiger partial charge on any atom is 0.0312 e. The first-order valence-electron chi connectivity index (χ1n) is 4.88. The minimum Gasteiger partial charge on any atom is -1.00 e. The summed E-state index contributed by atoms with van der Waals surface area (Å²) in [5.41, 5.74) is 1.26. The summed E-state index contributed by atoms with van der Waals surface area (Å²) in [7, 11) is 0. The van der Waals surface area contributed by atoms with E-state index in [-0.39, 0.29) is 12.4 Å². The number of nitrogens with one attached hydrogen (secondary N) is 1. The Balaban J connectivity index is 0.00000169. The average Bonchev–Trinajstić information content (AvgIpc) is 2.14. The van der Waals surface area contributed by atoms with Gasteiger partial charge < -0.3 is 17.7 Å². The van der Waals surface area contributed by atoms with Crippen LogP contribution < -0.4 is 17.7 Å². The first kappa shape index (κ1) is 13.4. The first-order valence-corrected chi connectivity index (χ1v) is 4.88. The second kappa shape index (κ2) is 7.77. The molecular formula is C11H18ClN2-. The molecule has 80 valence electrons. The zero-order valence-corrected chi connectivity index (χ0v) is 9.59. The van der Waals surface area contributed by atoms with E-state index in [0.29, 0.717) is 0 Å². The Hall–Kier alpha value is -0.600. The Bertz CT molecular complexity index is 224. The van der Waals surface area contributed by atoms with Crippen LogP contribution in [0.4, 0.5) is 0 Å². The van der Waals surface area contributed by atoms with Crippen LogP contribution in [0.3, 0.4) is 0 Å². The second-order valence-corrected chi connectivity index (χ2v) is 3.72. The van der Waals surface area contributed by atoms with Gasteiger partial charge in [0.1, 0.15) is 0 Å². The SMILES string of the molecule is CC(C)CCNCc1cccnc1.[Cl-]. The molecule has 14 heavy (non-hydrogen) atoms. The van der Waals surface area contributed by atoms with Crippen molar-refractivity contribution in [2.75, 3.05) is 6.54 Å². The van der Waals surface area contributed by atoms with Crippen molar-refractivity contribution >= 4 is 0 Å². The molecule has 1 heterocycles. The predicted molar refractivity (Wildman–Crippen MR) is 55.4 cm³/mol. The molecule has 0 unspecified atom stereocenters. The molecule has 0 aliphatic heterocycles. The number of rotatable bonds is 5. The van der Waals surface area contributed by atoms with Gasteiger partial charge in [0, 0.05) is 18.9 Å². The highest BCUT2D eigenvalue weighted by Gasteiger charge is 1.94. The van der Waals surface area contributed by atoms with Gasteiger partial charge in [0.05, 0.1) is 0 Å². The van der Waals surface area contributed by atoms with Crippen molar-refractivity contribution in [3.63, 3.8) is 0 Å². The monoisotopic (exact) mass is 213 g/mol. The summed E-state index contributed by atoms with van der Waals surface area (Å²) in [6.45, 7) is 6.50. The van der Waals surface area contributed by atoms with Crippen molar-refractivity contribution in [1.82, 2.24) is 10.3 Å². The largest absolute Gasteiger partial charge is 1.00 e. The number of aromatic nitrogens is 1. The molecule has 0 saturated heterocycles. The van der Waals surface area contributed by atoms with Gasteiger partial charge in [-0.05, 0) is 30.5 Å². The van der Waals surface area contributed by atoms with Gasteiger partial charge in [0.15, 0.2) is 0 Å². The van der Waals surface area contributed by atoms with Crippen LogP contribution in [0.25, 0.3) is 0 Å². The lowest BCUT2D eigenvalue weighted by Crippen LogP contribution is -3.00. The molecular weight excluding hydrogens is 196 g/mol. The molecule has 1 rings (SSSR count). The molecule has 0 bridgehead atoms. The van der Waals surface area contributed by atoms with Crippen molar-refractivity contribution in [3.05, 3.63) is 30.1 Å². The van der Waals surface area contributed by atoms with E-state index in [1.54, 1.807) is 6.20 Å². The van der Waals surface area contributed by atoms with E-state index in [0.717, 1.165) is 19.0 Å². The standard InChI is InChI=1S/C11H18N2.ClH/c1-10(2)5-7-13-9-11-4-3-6-12-8-11;/h3-4,6,8,10,13H,5,7,9H2,1-2H3;1H/p-1. The summed E-state index contributed by atoms with van der Waals surface area (Å²) in [5.74, 6) is 0.779. The van der Waals surface area contributed by atoms with E-state index >= 15 is 0 Å². The van der Waals surface area contributed by atoms with Crippen molar-refractivity contribution < 1.29 is 12.4 Å².